The maximum atomic E-state index is 14.4. The fraction of sp³-hybridized carbons (Fsp3) is 0.522. The first kappa shape index (κ1) is 20.6. The lowest BCUT2D eigenvalue weighted by atomic mass is 9.75. The largest absolute Gasteiger partial charge is 0.501 e. The molecule has 2 heterocycles. The van der Waals surface area contributed by atoms with Crippen LogP contribution in [0.15, 0.2) is 23.0 Å². The number of benzene rings is 1. The molecular formula is C23H28FN3O3. The van der Waals surface area contributed by atoms with Crippen LogP contribution >= 0.6 is 0 Å². The van der Waals surface area contributed by atoms with Crippen molar-refractivity contribution in [3.63, 3.8) is 0 Å². The van der Waals surface area contributed by atoms with Crippen molar-refractivity contribution in [1.82, 2.24) is 14.5 Å². The average molecular weight is 413 g/mol. The molecule has 1 aliphatic heterocycles. The Hall–Kier alpha value is -2.70. The smallest absolute Gasteiger partial charge is 0.315 e. The van der Waals surface area contributed by atoms with Crippen molar-refractivity contribution >= 4 is 5.91 Å². The van der Waals surface area contributed by atoms with E-state index < -0.39 is 11.3 Å². The second kappa shape index (κ2) is 7.52. The highest BCUT2D eigenvalue weighted by molar-refractivity contribution is 5.95. The predicted octanol–water partition coefficient (Wildman–Crippen LogP) is 3.18. The molecule has 30 heavy (non-hydrogen) atoms. The molecule has 2 aromatic rings. The molecule has 1 atom stereocenters. The third-order valence-electron chi connectivity index (χ3n) is 6.91. The van der Waals surface area contributed by atoms with Crippen LogP contribution in [0.4, 0.5) is 4.39 Å². The summed E-state index contributed by atoms with van der Waals surface area (Å²) in [5, 5.41) is 10.3. The quantitative estimate of drug-likeness (QED) is 0.835. The number of amides is 1. The van der Waals surface area contributed by atoms with Crippen LogP contribution in [0.5, 0.6) is 5.75 Å². The lowest BCUT2D eigenvalue weighted by Gasteiger charge is -2.36. The van der Waals surface area contributed by atoms with Crippen molar-refractivity contribution in [2.45, 2.75) is 70.4 Å². The van der Waals surface area contributed by atoms with Crippen LogP contribution < -0.4 is 5.56 Å². The van der Waals surface area contributed by atoms with E-state index in [1.807, 2.05) is 13.8 Å². The molecule has 1 amide bonds. The molecule has 1 N–H and O–H groups in total. The zero-order valence-corrected chi connectivity index (χ0v) is 17.7. The number of nitrogens with zero attached hydrogens (tertiary/aromatic N) is 3. The number of likely N-dealkylation sites (N-methyl/N-ethyl adjacent to an activating group) is 1. The van der Waals surface area contributed by atoms with Gasteiger partial charge in [-0.25, -0.2) is 4.39 Å². The number of hydrogen-bond acceptors (Lipinski definition) is 4. The number of carbonyl (C=O) groups excluding carboxylic acids is 1. The van der Waals surface area contributed by atoms with Crippen molar-refractivity contribution in [2.24, 2.45) is 0 Å². The fourth-order valence-electron chi connectivity index (χ4n) is 4.97. The van der Waals surface area contributed by atoms with Crippen LogP contribution in [0.2, 0.25) is 0 Å². The minimum Gasteiger partial charge on any atom is -0.501 e. The van der Waals surface area contributed by atoms with Gasteiger partial charge in [-0.15, -0.1) is 0 Å². The molecule has 2 aliphatic rings. The zero-order valence-electron chi connectivity index (χ0n) is 17.7. The second-order valence-corrected chi connectivity index (χ2v) is 8.77. The highest BCUT2D eigenvalue weighted by Gasteiger charge is 2.40. The van der Waals surface area contributed by atoms with Gasteiger partial charge in [0.05, 0.1) is 0 Å². The van der Waals surface area contributed by atoms with E-state index in [2.05, 4.69) is 11.1 Å². The minimum absolute atomic E-state index is 0.00670. The number of aromatic nitrogens is 2. The van der Waals surface area contributed by atoms with Gasteiger partial charge < -0.3 is 14.6 Å². The molecule has 7 heteroatoms. The summed E-state index contributed by atoms with van der Waals surface area (Å²) in [6, 6.07) is 5.13. The van der Waals surface area contributed by atoms with E-state index in [0.29, 0.717) is 18.8 Å². The number of aryl methyl sites for hydroxylation is 1. The van der Waals surface area contributed by atoms with Gasteiger partial charge in [0, 0.05) is 31.5 Å². The second-order valence-electron chi connectivity index (χ2n) is 8.77. The van der Waals surface area contributed by atoms with Gasteiger partial charge in [-0.2, -0.15) is 4.98 Å². The Morgan fingerprint density at radius 1 is 1.23 bits per heavy atom. The molecule has 6 nitrogen and oxygen atoms in total. The first-order valence-corrected chi connectivity index (χ1v) is 10.7. The summed E-state index contributed by atoms with van der Waals surface area (Å²) in [7, 11) is 1.66. The summed E-state index contributed by atoms with van der Waals surface area (Å²) in [5.74, 6) is -0.738. The molecule has 4 rings (SSSR count). The Morgan fingerprint density at radius 2 is 1.93 bits per heavy atom. The van der Waals surface area contributed by atoms with Gasteiger partial charge in [-0.1, -0.05) is 25.8 Å². The first-order valence-electron chi connectivity index (χ1n) is 10.7. The van der Waals surface area contributed by atoms with E-state index in [4.69, 9.17) is 0 Å². The number of hydrogen-bond donors (Lipinski definition) is 1. The molecule has 1 aliphatic carbocycles. The molecule has 1 unspecified atom stereocenters. The van der Waals surface area contributed by atoms with Gasteiger partial charge in [0.2, 0.25) is 5.75 Å². The van der Waals surface area contributed by atoms with Crippen LogP contribution in [0.3, 0.4) is 0 Å². The predicted molar refractivity (Wildman–Crippen MR) is 111 cm³/mol. The first-order chi connectivity index (χ1) is 14.3. The summed E-state index contributed by atoms with van der Waals surface area (Å²) in [6.07, 6.45) is 4.96. The maximum Gasteiger partial charge on any atom is 0.315 e. The molecule has 1 saturated carbocycles. The highest BCUT2D eigenvalue weighted by Crippen LogP contribution is 2.44. The maximum absolute atomic E-state index is 14.4. The molecule has 0 bridgehead atoms. The molecule has 1 aromatic heterocycles. The molecule has 1 aromatic carbocycles. The standard InChI is InChI=1S/C23H28FN3O3/c1-4-15-9-16(11-17(24)10-15)23(7-5-6-8-23)12-18-25-21(29)20(28)19-22(30)26(3)14(2)13-27(18)19/h9-11,14,28H,4-8,12-13H2,1-3H3. The summed E-state index contributed by atoms with van der Waals surface area (Å²) in [4.78, 5) is 30.9. The van der Waals surface area contributed by atoms with Crippen LogP contribution in [0, 0.1) is 5.82 Å². The fourth-order valence-corrected chi connectivity index (χ4v) is 4.97. The van der Waals surface area contributed by atoms with Crippen LogP contribution in [0.25, 0.3) is 0 Å². The average Bonchev–Trinajstić information content (AvgIpc) is 3.19. The number of aromatic hydroxyl groups is 1. The number of carbonyl (C=O) groups is 1. The van der Waals surface area contributed by atoms with Gasteiger partial charge in [0.25, 0.3) is 5.91 Å². The van der Waals surface area contributed by atoms with Crippen LogP contribution in [0.1, 0.15) is 67.0 Å². The van der Waals surface area contributed by atoms with Gasteiger partial charge in [0.15, 0.2) is 5.69 Å². The highest BCUT2D eigenvalue weighted by atomic mass is 19.1. The molecular weight excluding hydrogens is 385 g/mol. The molecule has 0 radical (unpaired) electrons. The molecule has 1 fully saturated rings. The minimum atomic E-state index is -0.783. The third kappa shape index (κ3) is 3.30. The molecule has 160 valence electrons. The van der Waals surface area contributed by atoms with E-state index in [1.165, 1.54) is 4.90 Å². The van der Waals surface area contributed by atoms with E-state index >= 15 is 0 Å². The summed E-state index contributed by atoms with van der Waals surface area (Å²) >= 11 is 0. The van der Waals surface area contributed by atoms with Gasteiger partial charge in [-0.3, -0.25) is 9.59 Å². The van der Waals surface area contributed by atoms with Crippen molar-refractivity contribution in [2.75, 3.05) is 7.05 Å². The Labute approximate surface area is 175 Å². The van der Waals surface area contributed by atoms with Gasteiger partial charge >= 0.3 is 5.56 Å². The van der Waals surface area contributed by atoms with Crippen molar-refractivity contribution < 1.29 is 14.3 Å². The van der Waals surface area contributed by atoms with Crippen molar-refractivity contribution in [1.29, 1.82) is 0 Å². The van der Waals surface area contributed by atoms with Crippen molar-refractivity contribution in [3.05, 3.63) is 57.0 Å². The van der Waals surface area contributed by atoms with E-state index in [9.17, 15) is 19.1 Å². The van der Waals surface area contributed by atoms with Crippen molar-refractivity contribution in [3.8, 4) is 5.75 Å². The van der Waals surface area contributed by atoms with Crippen LogP contribution in [-0.2, 0) is 24.8 Å². The SMILES string of the molecule is CCc1cc(F)cc(C2(Cc3nc(=O)c(O)c4n3CC(C)N(C)C4=O)CCCC2)c1. The molecule has 0 saturated heterocycles. The monoisotopic (exact) mass is 413 g/mol. The summed E-state index contributed by atoms with van der Waals surface area (Å²) in [5.41, 5.74) is 0.764. The summed E-state index contributed by atoms with van der Waals surface area (Å²) < 4.78 is 16.1. The number of halogens is 1. The number of rotatable bonds is 4. The third-order valence-corrected chi connectivity index (χ3v) is 6.91. The van der Waals surface area contributed by atoms with Crippen LogP contribution in [-0.4, -0.2) is 38.6 Å². The topological polar surface area (TPSA) is 75.4 Å². The van der Waals surface area contributed by atoms with E-state index in [1.54, 1.807) is 23.7 Å². The van der Waals surface area contributed by atoms with E-state index in [-0.39, 0.29) is 28.9 Å². The zero-order chi connectivity index (χ0) is 21.6. The Morgan fingerprint density at radius 3 is 2.60 bits per heavy atom. The Kier molecular flexibility index (Phi) is 5.16. The molecule has 0 spiro atoms. The lowest BCUT2D eigenvalue weighted by Crippen LogP contribution is -2.47. The lowest BCUT2D eigenvalue weighted by molar-refractivity contribution is 0.0660. The Balaban J connectivity index is 1.85. The summed E-state index contributed by atoms with van der Waals surface area (Å²) in [6.45, 7) is 4.37. The normalized spacial score (nSPS) is 20.5. The van der Waals surface area contributed by atoms with E-state index in [0.717, 1.165) is 43.2 Å². The Bertz CT molecular complexity index is 1060. The number of fused-ring (bicyclic) bond motifs is 1. The van der Waals surface area contributed by atoms with Gasteiger partial charge in [-0.05, 0) is 49.4 Å². The van der Waals surface area contributed by atoms with Gasteiger partial charge in [0.1, 0.15) is 11.6 Å².